The molecule has 0 radical (unpaired) electrons. The predicted molar refractivity (Wildman–Crippen MR) is 102 cm³/mol. The van der Waals surface area contributed by atoms with Crippen LogP contribution in [0.5, 0.6) is 0 Å². The fraction of sp³-hybridized carbons (Fsp3) is 0.526. The molecule has 0 saturated carbocycles. The Morgan fingerprint density at radius 2 is 2.00 bits per heavy atom. The average molecular weight is 371 g/mol. The first-order valence-electron chi connectivity index (χ1n) is 9.21. The van der Waals surface area contributed by atoms with Gasteiger partial charge in [-0.05, 0) is 31.0 Å². The number of hydrogen-bond acceptors (Lipinski definition) is 6. The number of urea groups is 1. The van der Waals surface area contributed by atoms with Crippen molar-refractivity contribution in [1.82, 2.24) is 14.7 Å². The molecule has 3 heterocycles. The van der Waals surface area contributed by atoms with Crippen LogP contribution in [0.2, 0.25) is 0 Å². The summed E-state index contributed by atoms with van der Waals surface area (Å²) in [7, 11) is 3.27. The maximum atomic E-state index is 13.1. The number of aryl methyl sites for hydroxylation is 1. The second kappa shape index (κ2) is 6.53. The number of imide groups is 1. The highest BCUT2D eigenvalue weighted by atomic mass is 16.5. The Labute approximate surface area is 159 Å². The largest absolute Gasteiger partial charge is 0.383 e. The summed E-state index contributed by atoms with van der Waals surface area (Å²) >= 11 is 0. The summed E-state index contributed by atoms with van der Waals surface area (Å²) in [6.45, 7) is 6.25. The predicted octanol–water partition coefficient (Wildman–Crippen LogP) is 1.03. The molecule has 1 aromatic rings. The summed E-state index contributed by atoms with van der Waals surface area (Å²) in [5.74, 6) is 0.585. The van der Waals surface area contributed by atoms with Crippen LogP contribution in [-0.2, 0) is 9.53 Å². The van der Waals surface area contributed by atoms with Gasteiger partial charge in [-0.25, -0.2) is 9.79 Å². The summed E-state index contributed by atoms with van der Waals surface area (Å²) < 4.78 is 5.06. The monoisotopic (exact) mass is 371 g/mol. The number of fused-ring (bicyclic) bond motifs is 3. The van der Waals surface area contributed by atoms with Crippen molar-refractivity contribution in [2.45, 2.75) is 26.1 Å². The van der Waals surface area contributed by atoms with Crippen LogP contribution in [0.15, 0.2) is 23.2 Å². The molecule has 0 aliphatic carbocycles. The van der Waals surface area contributed by atoms with Gasteiger partial charge in [-0.1, -0.05) is 12.1 Å². The van der Waals surface area contributed by atoms with Crippen LogP contribution >= 0.6 is 0 Å². The van der Waals surface area contributed by atoms with Crippen molar-refractivity contribution in [3.63, 3.8) is 0 Å². The number of carbonyl (C=O) groups excluding carboxylic acids is 2. The van der Waals surface area contributed by atoms with Crippen LogP contribution in [0.4, 0.5) is 10.5 Å². The van der Waals surface area contributed by atoms with Gasteiger partial charge in [0.05, 0.1) is 13.2 Å². The molecule has 2 unspecified atom stereocenters. The summed E-state index contributed by atoms with van der Waals surface area (Å²) in [4.78, 5) is 37.5. The van der Waals surface area contributed by atoms with E-state index >= 15 is 0 Å². The van der Waals surface area contributed by atoms with Crippen molar-refractivity contribution in [2.75, 3.05) is 45.3 Å². The summed E-state index contributed by atoms with van der Waals surface area (Å²) in [5.41, 5.74) is 3.53. The Bertz CT molecular complexity index is 824. The van der Waals surface area contributed by atoms with E-state index in [4.69, 9.17) is 9.73 Å². The van der Waals surface area contributed by atoms with Gasteiger partial charge in [0.1, 0.15) is 0 Å². The molecule has 2 atom stereocenters. The van der Waals surface area contributed by atoms with Gasteiger partial charge in [-0.3, -0.25) is 9.69 Å². The summed E-state index contributed by atoms with van der Waals surface area (Å²) in [6.07, 6.45) is -0.480. The number of anilines is 1. The number of benzene rings is 1. The smallest absolute Gasteiger partial charge is 0.328 e. The van der Waals surface area contributed by atoms with Gasteiger partial charge in [0.2, 0.25) is 5.96 Å². The normalized spacial score (nSPS) is 24.5. The van der Waals surface area contributed by atoms with Crippen molar-refractivity contribution in [3.8, 4) is 0 Å². The molecule has 0 aromatic heterocycles. The number of rotatable bonds is 4. The zero-order chi connectivity index (χ0) is 19.3. The van der Waals surface area contributed by atoms with Crippen molar-refractivity contribution in [3.05, 3.63) is 29.3 Å². The number of amides is 3. The molecule has 3 aliphatic heterocycles. The van der Waals surface area contributed by atoms with E-state index in [2.05, 4.69) is 30.9 Å². The van der Waals surface area contributed by atoms with E-state index in [1.165, 1.54) is 16.0 Å². The van der Waals surface area contributed by atoms with Crippen LogP contribution in [0, 0.1) is 13.8 Å². The lowest BCUT2D eigenvalue weighted by molar-refractivity contribution is -0.137. The number of methoxy groups -OCH3 is 1. The molecule has 0 bridgehead atoms. The molecular weight excluding hydrogens is 346 g/mol. The molecule has 4 rings (SSSR count). The maximum absolute atomic E-state index is 13.1. The second-order valence-electron chi connectivity index (χ2n) is 7.23. The highest BCUT2D eigenvalue weighted by Crippen LogP contribution is 2.34. The van der Waals surface area contributed by atoms with Gasteiger partial charge in [0.25, 0.3) is 5.91 Å². The van der Waals surface area contributed by atoms with E-state index in [0.717, 1.165) is 18.2 Å². The number of likely N-dealkylation sites (N-methyl/N-ethyl adjacent to an activating group) is 1. The zero-order valence-electron chi connectivity index (χ0n) is 16.2. The van der Waals surface area contributed by atoms with E-state index in [1.54, 1.807) is 19.1 Å². The Hall–Kier alpha value is -2.61. The van der Waals surface area contributed by atoms with Crippen molar-refractivity contribution in [1.29, 1.82) is 0 Å². The lowest BCUT2D eigenvalue weighted by Crippen LogP contribution is -2.65. The zero-order valence-corrected chi connectivity index (χ0v) is 16.2. The van der Waals surface area contributed by atoms with Gasteiger partial charge < -0.3 is 19.4 Å². The molecule has 2 fully saturated rings. The molecule has 2 saturated heterocycles. The number of nitrogens with zero attached hydrogens (tertiary/aromatic N) is 5. The van der Waals surface area contributed by atoms with Crippen LogP contribution in [0.1, 0.15) is 11.1 Å². The van der Waals surface area contributed by atoms with Crippen molar-refractivity contribution < 1.29 is 14.3 Å². The van der Waals surface area contributed by atoms with Gasteiger partial charge >= 0.3 is 6.03 Å². The van der Waals surface area contributed by atoms with Crippen molar-refractivity contribution >= 4 is 23.6 Å². The van der Waals surface area contributed by atoms with E-state index in [0.29, 0.717) is 13.2 Å². The second-order valence-corrected chi connectivity index (χ2v) is 7.23. The number of hydrogen-bond donors (Lipinski definition) is 0. The minimum absolute atomic E-state index is 0.193. The highest BCUT2D eigenvalue weighted by molar-refractivity contribution is 6.08. The third-order valence-corrected chi connectivity index (χ3v) is 5.76. The lowest BCUT2D eigenvalue weighted by Gasteiger charge is -2.40. The Morgan fingerprint density at radius 3 is 2.74 bits per heavy atom. The molecular formula is C19H25N5O3. The molecule has 0 spiro atoms. The van der Waals surface area contributed by atoms with E-state index < -0.39 is 12.2 Å². The molecule has 0 N–H and O–H groups in total. The number of carbonyl (C=O) groups is 2. The minimum atomic E-state index is -0.480. The van der Waals surface area contributed by atoms with Gasteiger partial charge in [-0.15, -0.1) is 0 Å². The number of guanidine groups is 1. The summed E-state index contributed by atoms with van der Waals surface area (Å²) in [6, 6.07) is 5.43. The molecule has 27 heavy (non-hydrogen) atoms. The molecule has 8 heteroatoms. The van der Waals surface area contributed by atoms with E-state index in [-0.39, 0.29) is 18.5 Å². The van der Waals surface area contributed by atoms with Crippen LogP contribution < -0.4 is 4.90 Å². The highest BCUT2D eigenvalue weighted by Gasteiger charge is 2.54. The first-order valence-corrected chi connectivity index (χ1v) is 9.21. The van der Waals surface area contributed by atoms with Gasteiger partial charge in [0.15, 0.2) is 12.2 Å². The fourth-order valence-corrected chi connectivity index (χ4v) is 4.08. The Morgan fingerprint density at radius 1 is 1.22 bits per heavy atom. The van der Waals surface area contributed by atoms with Crippen LogP contribution in [0.25, 0.3) is 0 Å². The Balaban J connectivity index is 1.66. The molecule has 3 amide bonds. The fourth-order valence-electron chi connectivity index (χ4n) is 4.08. The average Bonchev–Trinajstić information content (AvgIpc) is 3.21. The number of ether oxygens (including phenoxy) is 1. The van der Waals surface area contributed by atoms with Crippen LogP contribution in [0.3, 0.4) is 0 Å². The standard InChI is InChI=1S/C19H25N5O3/c1-12-6-5-7-14(13(12)2)22-8-9-23-15-16(20-18(22)23)21(3)19(26)24(17(15)25)10-11-27-4/h5-7,15-16H,8-11H2,1-4H3. The SMILES string of the molecule is COCCN1C(=O)C2C(N=C3N(c4cccc(C)c4C)CCN32)N(C)C1=O. The molecule has 1 aromatic carbocycles. The Kier molecular flexibility index (Phi) is 4.30. The van der Waals surface area contributed by atoms with E-state index in [1.807, 2.05) is 11.0 Å². The topological polar surface area (TPSA) is 68.7 Å². The maximum Gasteiger partial charge on any atom is 0.328 e. The summed E-state index contributed by atoms with van der Waals surface area (Å²) in [5, 5.41) is 0. The minimum Gasteiger partial charge on any atom is -0.383 e. The van der Waals surface area contributed by atoms with Gasteiger partial charge in [-0.2, -0.15) is 0 Å². The lowest BCUT2D eigenvalue weighted by atomic mass is 10.1. The van der Waals surface area contributed by atoms with Gasteiger partial charge in [0, 0.05) is 32.9 Å². The third kappa shape index (κ3) is 2.58. The first kappa shape index (κ1) is 17.8. The quantitative estimate of drug-likeness (QED) is 0.791. The first-order chi connectivity index (χ1) is 13.0. The van der Waals surface area contributed by atoms with Crippen LogP contribution in [-0.4, -0.2) is 85.2 Å². The third-order valence-electron chi connectivity index (χ3n) is 5.76. The molecule has 144 valence electrons. The molecule has 8 nitrogen and oxygen atoms in total. The molecule has 3 aliphatic rings. The number of aliphatic imine (C=N–C) groups is 1. The van der Waals surface area contributed by atoms with Crippen molar-refractivity contribution in [2.24, 2.45) is 4.99 Å². The van der Waals surface area contributed by atoms with E-state index in [9.17, 15) is 9.59 Å².